The molecule has 6 heteroatoms. The first kappa shape index (κ1) is 10.3. The zero-order valence-electron chi connectivity index (χ0n) is 8.75. The smallest absolute Gasteiger partial charge is 0.0762 e. The lowest BCUT2D eigenvalue weighted by molar-refractivity contribution is -0.0167. The van der Waals surface area contributed by atoms with Gasteiger partial charge < -0.3 is 15.8 Å². The molecule has 0 aromatic heterocycles. The van der Waals surface area contributed by atoms with Crippen LogP contribution in [0.25, 0.3) is 11.1 Å². The van der Waals surface area contributed by atoms with Crippen molar-refractivity contribution in [3.05, 3.63) is 35.2 Å². The van der Waals surface area contributed by atoms with Crippen molar-refractivity contribution >= 4 is 0 Å². The summed E-state index contributed by atoms with van der Waals surface area (Å²) < 4.78 is 0. The average molecular weight is 220 g/mol. The molecule has 0 bridgehead atoms. The van der Waals surface area contributed by atoms with Crippen molar-refractivity contribution < 1.29 is 10.4 Å². The minimum atomic E-state index is 0.272. The Kier molecular flexibility index (Phi) is 2.40. The topological polar surface area (TPSA) is 86.5 Å². The molecule has 0 amide bonds. The number of benzene rings is 1. The summed E-state index contributed by atoms with van der Waals surface area (Å²) in [6.45, 7) is 2.52. The Morgan fingerprint density at radius 1 is 1.19 bits per heavy atom. The molecule has 0 spiro atoms. The number of hydrogen-bond donors (Lipinski definition) is 3. The van der Waals surface area contributed by atoms with Gasteiger partial charge in [0, 0.05) is 17.7 Å². The molecule has 2 aliphatic rings. The Hall–Kier alpha value is -2.24. The van der Waals surface area contributed by atoms with Gasteiger partial charge in [-0.2, -0.15) is 0 Å². The van der Waals surface area contributed by atoms with Crippen LogP contribution in [0.1, 0.15) is 6.92 Å². The van der Waals surface area contributed by atoms with Crippen LogP contribution in [-0.4, -0.2) is 26.6 Å². The first-order valence-electron chi connectivity index (χ1n) is 4.85. The third kappa shape index (κ3) is 1.54. The Bertz CT molecular complexity index is 611. The lowest BCUT2D eigenvalue weighted by Crippen LogP contribution is -2.22. The predicted octanol–water partition coefficient (Wildman–Crippen LogP) is 0.269. The molecule has 3 N–H and O–H groups in total. The molecule has 84 valence electrons. The molecular weight excluding hydrogens is 208 g/mol. The standard InChI is InChI=1S/C10H12N4O2/c1-2-12-10-4-3-9(11)7-5-13(15)14(16)6-8(7)10/h3-6,11,15-16H,2H2,1H3. The van der Waals surface area contributed by atoms with E-state index in [2.05, 4.69) is 4.99 Å². The molecule has 2 rings (SSSR count). The number of nitrogens with one attached hydrogen (secondary N) is 1. The van der Waals surface area contributed by atoms with Gasteiger partial charge in [0.2, 0.25) is 0 Å². The van der Waals surface area contributed by atoms with Crippen LogP contribution < -0.4 is 10.7 Å². The van der Waals surface area contributed by atoms with Gasteiger partial charge in [0.15, 0.2) is 0 Å². The molecule has 16 heavy (non-hydrogen) atoms. The van der Waals surface area contributed by atoms with Gasteiger partial charge >= 0.3 is 0 Å². The molecule has 1 heterocycles. The van der Waals surface area contributed by atoms with Crippen molar-refractivity contribution in [1.82, 2.24) is 9.69 Å². The van der Waals surface area contributed by atoms with E-state index in [9.17, 15) is 10.4 Å². The second kappa shape index (κ2) is 3.73. The summed E-state index contributed by atoms with van der Waals surface area (Å²) >= 11 is 0. The van der Waals surface area contributed by atoms with Gasteiger partial charge in [-0.15, -0.1) is 0 Å². The number of aromatic nitrogens is 2. The molecular formula is C10H12N4O2. The van der Waals surface area contributed by atoms with Crippen molar-refractivity contribution in [2.75, 3.05) is 6.54 Å². The third-order valence-corrected chi connectivity index (χ3v) is 2.29. The van der Waals surface area contributed by atoms with Crippen molar-refractivity contribution in [2.24, 2.45) is 4.99 Å². The van der Waals surface area contributed by atoms with Crippen molar-refractivity contribution in [1.29, 1.82) is 5.41 Å². The highest BCUT2D eigenvalue weighted by atomic mass is 16.6. The minimum Gasteiger partial charge on any atom is -0.411 e. The van der Waals surface area contributed by atoms with Crippen LogP contribution >= 0.6 is 0 Å². The second-order valence-corrected chi connectivity index (χ2v) is 3.33. The maximum atomic E-state index is 9.33. The molecule has 0 radical (unpaired) electrons. The number of hydrogen-bond acceptors (Lipinski definition) is 4. The van der Waals surface area contributed by atoms with E-state index in [4.69, 9.17) is 5.41 Å². The quantitative estimate of drug-likeness (QED) is 0.602. The Morgan fingerprint density at radius 3 is 2.44 bits per heavy atom. The largest absolute Gasteiger partial charge is 0.411 e. The van der Waals surface area contributed by atoms with Gasteiger partial charge in [-0.3, -0.25) is 4.99 Å². The highest BCUT2D eigenvalue weighted by Crippen LogP contribution is 2.10. The van der Waals surface area contributed by atoms with Gasteiger partial charge in [0.1, 0.15) is 0 Å². The lowest BCUT2D eigenvalue weighted by Gasteiger charge is -2.10. The van der Waals surface area contributed by atoms with E-state index in [0.717, 1.165) is 0 Å². The summed E-state index contributed by atoms with van der Waals surface area (Å²) in [5.74, 6) is 0. The zero-order valence-corrected chi connectivity index (χ0v) is 8.75. The van der Waals surface area contributed by atoms with Gasteiger partial charge in [0.25, 0.3) is 0 Å². The van der Waals surface area contributed by atoms with Crippen LogP contribution in [-0.2, 0) is 0 Å². The summed E-state index contributed by atoms with van der Waals surface area (Å²) in [5, 5.41) is 27.3. The van der Waals surface area contributed by atoms with Crippen LogP contribution in [0.4, 0.5) is 0 Å². The molecule has 0 aromatic carbocycles. The van der Waals surface area contributed by atoms with Gasteiger partial charge in [-0.1, -0.05) is 9.69 Å². The van der Waals surface area contributed by atoms with E-state index in [0.29, 0.717) is 32.7 Å². The van der Waals surface area contributed by atoms with Gasteiger partial charge in [-0.05, 0) is 19.1 Å². The van der Waals surface area contributed by atoms with E-state index < -0.39 is 0 Å². The molecule has 1 aliphatic heterocycles. The zero-order chi connectivity index (χ0) is 11.7. The van der Waals surface area contributed by atoms with E-state index in [1.807, 2.05) is 6.92 Å². The van der Waals surface area contributed by atoms with Crippen LogP contribution in [0.3, 0.4) is 0 Å². The molecule has 1 aliphatic carbocycles. The van der Waals surface area contributed by atoms with Crippen molar-refractivity contribution in [2.45, 2.75) is 6.92 Å². The maximum Gasteiger partial charge on any atom is 0.0762 e. The number of fused-ring (bicyclic) bond motifs is 1. The van der Waals surface area contributed by atoms with Crippen LogP contribution in [0, 0.1) is 5.41 Å². The molecule has 0 saturated heterocycles. The van der Waals surface area contributed by atoms with Gasteiger partial charge in [0.05, 0.1) is 23.1 Å². The Labute approximate surface area is 91.1 Å². The fourth-order valence-corrected chi connectivity index (χ4v) is 1.56. The highest BCUT2D eigenvalue weighted by Gasteiger charge is 2.09. The Morgan fingerprint density at radius 2 is 1.81 bits per heavy atom. The third-order valence-electron chi connectivity index (χ3n) is 2.29. The molecule has 0 saturated carbocycles. The molecule has 0 unspecified atom stereocenters. The van der Waals surface area contributed by atoms with E-state index >= 15 is 0 Å². The monoisotopic (exact) mass is 220 g/mol. The Balaban J connectivity index is 2.92. The fraction of sp³-hybridized carbons (Fsp3) is 0.200. The SMILES string of the molecule is CCN=c1ccc(=N)c2cn(O)n(O)cc1-2. The van der Waals surface area contributed by atoms with E-state index in [1.165, 1.54) is 12.4 Å². The van der Waals surface area contributed by atoms with E-state index in [1.54, 1.807) is 12.1 Å². The molecule has 6 nitrogen and oxygen atoms in total. The maximum absolute atomic E-state index is 9.33. The minimum absolute atomic E-state index is 0.272. The molecule has 0 aromatic rings. The summed E-state index contributed by atoms with van der Waals surface area (Å²) in [7, 11) is 0. The first-order chi connectivity index (χ1) is 7.63. The summed E-state index contributed by atoms with van der Waals surface area (Å²) in [6, 6.07) is 3.33. The predicted molar refractivity (Wildman–Crippen MR) is 55.4 cm³/mol. The lowest BCUT2D eigenvalue weighted by atomic mass is 10.1. The summed E-state index contributed by atoms with van der Waals surface area (Å²) in [6.07, 6.45) is 2.59. The number of rotatable bonds is 1. The highest BCUT2D eigenvalue weighted by molar-refractivity contribution is 5.61. The van der Waals surface area contributed by atoms with Crippen LogP contribution in [0.2, 0.25) is 0 Å². The second-order valence-electron chi connectivity index (χ2n) is 3.33. The number of nitrogens with zero attached hydrogens (tertiary/aromatic N) is 3. The van der Waals surface area contributed by atoms with Crippen LogP contribution in [0.5, 0.6) is 0 Å². The first-order valence-corrected chi connectivity index (χ1v) is 4.85. The van der Waals surface area contributed by atoms with Gasteiger partial charge in [-0.25, -0.2) is 0 Å². The van der Waals surface area contributed by atoms with Crippen molar-refractivity contribution in [3.8, 4) is 11.1 Å². The summed E-state index contributed by atoms with van der Waals surface area (Å²) in [4.78, 5) is 5.30. The van der Waals surface area contributed by atoms with E-state index in [-0.39, 0.29) is 5.36 Å². The summed E-state index contributed by atoms with van der Waals surface area (Å²) in [5.41, 5.74) is 1.16. The molecule has 0 fully saturated rings. The average Bonchev–Trinajstić information content (AvgIpc) is 2.25. The van der Waals surface area contributed by atoms with Crippen molar-refractivity contribution in [3.63, 3.8) is 0 Å². The normalized spacial score (nSPS) is 12.2. The van der Waals surface area contributed by atoms with Crippen LogP contribution in [0.15, 0.2) is 29.5 Å². The fourth-order valence-electron chi connectivity index (χ4n) is 1.56. The molecule has 0 atom stereocenters.